The molecule has 94 valence electrons. The molecule has 0 bridgehead atoms. The van der Waals surface area contributed by atoms with Crippen LogP contribution in [-0.4, -0.2) is 34.5 Å². The molecule has 0 heterocycles. The summed E-state index contributed by atoms with van der Waals surface area (Å²) in [6.45, 7) is 6.92. The van der Waals surface area contributed by atoms with Crippen LogP contribution in [-0.2, 0) is 9.59 Å². The van der Waals surface area contributed by atoms with E-state index in [1.807, 2.05) is 6.26 Å². The Balaban J connectivity index is 4.66. The van der Waals surface area contributed by atoms with Crippen molar-refractivity contribution in [3.8, 4) is 0 Å². The van der Waals surface area contributed by atoms with Gasteiger partial charge in [0.05, 0.1) is 0 Å². The monoisotopic (exact) mass is 247 g/mol. The van der Waals surface area contributed by atoms with E-state index in [2.05, 4.69) is 5.32 Å². The Bertz CT molecular complexity index is 268. The van der Waals surface area contributed by atoms with Crippen molar-refractivity contribution in [2.45, 2.75) is 33.2 Å². The molecule has 5 heteroatoms. The number of hydrogen-bond donors (Lipinski definition) is 2. The zero-order chi connectivity index (χ0) is 12.9. The van der Waals surface area contributed by atoms with Gasteiger partial charge < -0.3 is 10.4 Å². The molecule has 2 atom stereocenters. The summed E-state index contributed by atoms with van der Waals surface area (Å²) >= 11 is 1.57. The smallest absolute Gasteiger partial charge is 0.329 e. The standard InChI is InChI=1S/C11H21NO3S/c1-7(2)11(4,10(14)15)12-9(13)8(3)6-16-5/h7-8H,6H2,1-5H3,(H,12,13)(H,14,15). The fourth-order valence-corrected chi connectivity index (χ4v) is 1.80. The van der Waals surface area contributed by atoms with Gasteiger partial charge in [-0.2, -0.15) is 11.8 Å². The van der Waals surface area contributed by atoms with Crippen molar-refractivity contribution < 1.29 is 14.7 Å². The largest absolute Gasteiger partial charge is 0.480 e. The van der Waals surface area contributed by atoms with Crippen LogP contribution in [0.3, 0.4) is 0 Å². The van der Waals surface area contributed by atoms with Gasteiger partial charge in [-0.25, -0.2) is 4.79 Å². The predicted molar refractivity (Wildman–Crippen MR) is 66.6 cm³/mol. The molecule has 16 heavy (non-hydrogen) atoms. The van der Waals surface area contributed by atoms with E-state index in [0.29, 0.717) is 5.75 Å². The molecule has 0 saturated heterocycles. The normalized spacial score (nSPS) is 16.6. The molecule has 0 spiro atoms. The second-order valence-corrected chi connectivity index (χ2v) is 5.42. The molecule has 0 saturated carbocycles. The van der Waals surface area contributed by atoms with Gasteiger partial charge in [-0.15, -0.1) is 0 Å². The van der Waals surface area contributed by atoms with Crippen molar-refractivity contribution >= 4 is 23.6 Å². The van der Waals surface area contributed by atoms with Gasteiger partial charge in [0.15, 0.2) is 0 Å². The number of nitrogens with one attached hydrogen (secondary N) is 1. The highest BCUT2D eigenvalue weighted by Gasteiger charge is 2.38. The summed E-state index contributed by atoms with van der Waals surface area (Å²) in [5, 5.41) is 11.8. The molecule has 0 aliphatic carbocycles. The van der Waals surface area contributed by atoms with E-state index in [4.69, 9.17) is 5.11 Å². The number of carbonyl (C=O) groups excluding carboxylic acids is 1. The van der Waals surface area contributed by atoms with Gasteiger partial charge in [0.2, 0.25) is 5.91 Å². The van der Waals surface area contributed by atoms with Gasteiger partial charge in [0.1, 0.15) is 5.54 Å². The van der Waals surface area contributed by atoms with E-state index >= 15 is 0 Å². The van der Waals surface area contributed by atoms with Gasteiger partial charge in [0, 0.05) is 11.7 Å². The first kappa shape index (κ1) is 15.3. The number of carboxylic acids is 1. The molecule has 0 aromatic carbocycles. The van der Waals surface area contributed by atoms with Crippen LogP contribution in [0.1, 0.15) is 27.7 Å². The first-order valence-electron chi connectivity index (χ1n) is 5.30. The average Bonchev–Trinajstić information content (AvgIpc) is 2.17. The predicted octanol–water partition coefficient (Wildman–Crippen LogP) is 1.60. The Morgan fingerprint density at radius 1 is 1.38 bits per heavy atom. The van der Waals surface area contributed by atoms with Crippen molar-refractivity contribution in [1.29, 1.82) is 0 Å². The van der Waals surface area contributed by atoms with Crippen molar-refractivity contribution in [2.75, 3.05) is 12.0 Å². The lowest BCUT2D eigenvalue weighted by molar-refractivity contribution is -0.149. The lowest BCUT2D eigenvalue weighted by atomic mass is 9.88. The van der Waals surface area contributed by atoms with Crippen LogP contribution in [0.15, 0.2) is 0 Å². The van der Waals surface area contributed by atoms with Crippen LogP contribution in [0.2, 0.25) is 0 Å². The summed E-state index contributed by atoms with van der Waals surface area (Å²) in [4.78, 5) is 22.9. The highest BCUT2D eigenvalue weighted by atomic mass is 32.2. The molecule has 0 aromatic heterocycles. The molecule has 0 aliphatic rings. The Morgan fingerprint density at radius 3 is 2.19 bits per heavy atom. The molecule has 0 fully saturated rings. The molecule has 0 aliphatic heterocycles. The number of aliphatic carboxylic acids is 1. The summed E-state index contributed by atoms with van der Waals surface area (Å²) in [5.74, 6) is -0.831. The maximum atomic E-state index is 11.8. The maximum Gasteiger partial charge on any atom is 0.329 e. The highest BCUT2D eigenvalue weighted by Crippen LogP contribution is 2.18. The number of carbonyl (C=O) groups is 2. The molecular formula is C11H21NO3S. The third kappa shape index (κ3) is 3.70. The second-order valence-electron chi connectivity index (χ2n) is 4.51. The Hall–Kier alpha value is -0.710. The van der Waals surface area contributed by atoms with Gasteiger partial charge in [0.25, 0.3) is 0 Å². The minimum atomic E-state index is -1.19. The van der Waals surface area contributed by atoms with Crippen LogP contribution in [0.5, 0.6) is 0 Å². The quantitative estimate of drug-likeness (QED) is 0.748. The molecule has 0 rings (SSSR count). The van der Waals surface area contributed by atoms with Crippen molar-refractivity contribution in [1.82, 2.24) is 5.32 Å². The molecule has 2 unspecified atom stereocenters. The average molecular weight is 247 g/mol. The van der Waals surface area contributed by atoms with Crippen molar-refractivity contribution in [3.63, 3.8) is 0 Å². The molecule has 0 aromatic rings. The van der Waals surface area contributed by atoms with Crippen LogP contribution in [0.4, 0.5) is 0 Å². The zero-order valence-electron chi connectivity index (χ0n) is 10.5. The third-order valence-electron chi connectivity index (χ3n) is 2.85. The van der Waals surface area contributed by atoms with Crippen molar-refractivity contribution in [2.24, 2.45) is 11.8 Å². The Labute approximate surface area is 101 Å². The minimum absolute atomic E-state index is 0.157. The van der Waals surface area contributed by atoms with Gasteiger partial charge in [-0.3, -0.25) is 4.79 Å². The van der Waals surface area contributed by atoms with E-state index in [1.54, 1.807) is 39.5 Å². The van der Waals surface area contributed by atoms with Crippen LogP contribution in [0.25, 0.3) is 0 Å². The van der Waals surface area contributed by atoms with Crippen molar-refractivity contribution in [3.05, 3.63) is 0 Å². The maximum absolute atomic E-state index is 11.8. The Morgan fingerprint density at radius 2 is 1.88 bits per heavy atom. The summed E-state index contributed by atoms with van der Waals surface area (Å²) in [7, 11) is 0. The molecule has 0 radical (unpaired) electrons. The summed E-state index contributed by atoms with van der Waals surface area (Å²) in [6, 6.07) is 0. The fourth-order valence-electron chi connectivity index (χ4n) is 1.15. The van der Waals surface area contributed by atoms with E-state index in [0.717, 1.165) is 0 Å². The fraction of sp³-hybridized carbons (Fsp3) is 0.818. The summed E-state index contributed by atoms with van der Waals surface area (Å²) in [5.41, 5.74) is -1.19. The van der Waals surface area contributed by atoms with Gasteiger partial charge in [-0.05, 0) is 19.1 Å². The number of thioether (sulfide) groups is 1. The topological polar surface area (TPSA) is 66.4 Å². The first-order chi connectivity index (χ1) is 7.25. The van der Waals surface area contributed by atoms with Gasteiger partial charge >= 0.3 is 5.97 Å². The number of carboxylic acid groups (broad SMARTS) is 1. The second kappa shape index (κ2) is 6.13. The number of rotatable bonds is 6. The zero-order valence-corrected chi connectivity index (χ0v) is 11.4. The molecule has 1 amide bonds. The van der Waals surface area contributed by atoms with Crippen LogP contribution in [0, 0.1) is 11.8 Å². The van der Waals surface area contributed by atoms with E-state index in [1.165, 1.54) is 0 Å². The summed E-state index contributed by atoms with van der Waals surface area (Å²) in [6.07, 6.45) is 1.92. The van der Waals surface area contributed by atoms with Crippen LogP contribution >= 0.6 is 11.8 Å². The lowest BCUT2D eigenvalue weighted by Crippen LogP contribution is -2.57. The molecule has 4 nitrogen and oxygen atoms in total. The first-order valence-corrected chi connectivity index (χ1v) is 6.69. The lowest BCUT2D eigenvalue weighted by Gasteiger charge is -2.31. The Kier molecular flexibility index (Phi) is 5.86. The number of amides is 1. The van der Waals surface area contributed by atoms with Gasteiger partial charge in [-0.1, -0.05) is 20.8 Å². The third-order valence-corrected chi connectivity index (χ3v) is 3.68. The van der Waals surface area contributed by atoms with E-state index in [-0.39, 0.29) is 17.7 Å². The summed E-state index contributed by atoms with van der Waals surface area (Å²) < 4.78 is 0. The number of hydrogen-bond acceptors (Lipinski definition) is 3. The van der Waals surface area contributed by atoms with E-state index in [9.17, 15) is 9.59 Å². The minimum Gasteiger partial charge on any atom is -0.480 e. The van der Waals surface area contributed by atoms with Crippen LogP contribution < -0.4 is 5.32 Å². The molecular weight excluding hydrogens is 226 g/mol. The molecule has 2 N–H and O–H groups in total. The van der Waals surface area contributed by atoms with E-state index < -0.39 is 11.5 Å². The highest BCUT2D eigenvalue weighted by molar-refractivity contribution is 7.98. The SMILES string of the molecule is CSCC(C)C(=O)NC(C)(C(=O)O)C(C)C.